The van der Waals surface area contributed by atoms with E-state index in [9.17, 15) is 14.4 Å². The van der Waals surface area contributed by atoms with Gasteiger partial charge in [0.25, 0.3) is 0 Å². The normalized spacial score (nSPS) is 10.9. The minimum absolute atomic E-state index is 0.150. The van der Waals surface area contributed by atoms with Crippen molar-refractivity contribution < 1.29 is 9.59 Å². The van der Waals surface area contributed by atoms with Gasteiger partial charge in [-0.15, -0.1) is 0 Å². The highest BCUT2D eigenvalue weighted by Gasteiger charge is 2.19. The zero-order chi connectivity index (χ0) is 21.0. The number of amides is 2. The second-order valence-corrected chi connectivity index (χ2v) is 7.36. The van der Waals surface area contributed by atoms with E-state index in [2.05, 4.69) is 10.3 Å². The monoisotopic (exact) mass is 434 g/mol. The fraction of sp³-hybridized carbons (Fsp3) is 0.250. The van der Waals surface area contributed by atoms with Crippen LogP contribution in [0.4, 0.5) is 5.69 Å². The van der Waals surface area contributed by atoms with Gasteiger partial charge in [-0.3, -0.25) is 14.2 Å². The number of carbonyl (C=O) groups excluding carboxylic acids is 2. The highest BCUT2D eigenvalue weighted by Crippen LogP contribution is 2.25. The van der Waals surface area contributed by atoms with E-state index in [0.717, 1.165) is 0 Å². The van der Waals surface area contributed by atoms with Gasteiger partial charge in [0.15, 0.2) is 0 Å². The Hall–Kier alpha value is -2.77. The number of halogens is 2. The summed E-state index contributed by atoms with van der Waals surface area (Å²) in [5.41, 5.74) is 1.34. The fourth-order valence-electron chi connectivity index (χ4n) is 3.01. The van der Waals surface area contributed by atoms with Gasteiger partial charge in [-0.2, -0.15) is 0 Å². The van der Waals surface area contributed by atoms with Gasteiger partial charge in [-0.1, -0.05) is 42.3 Å². The topological polar surface area (TPSA) is 87.2 Å². The predicted molar refractivity (Wildman–Crippen MR) is 115 cm³/mol. The molecule has 0 aliphatic rings. The molecule has 7 nitrogen and oxygen atoms in total. The van der Waals surface area contributed by atoms with E-state index in [1.165, 1.54) is 15.5 Å². The fourth-order valence-corrected chi connectivity index (χ4v) is 3.47. The molecule has 0 atom stereocenters. The van der Waals surface area contributed by atoms with Crippen molar-refractivity contribution in [3.05, 3.63) is 63.0 Å². The summed E-state index contributed by atoms with van der Waals surface area (Å²) in [6.07, 6.45) is 0.670. The summed E-state index contributed by atoms with van der Waals surface area (Å²) in [5, 5.41) is 3.45. The molecule has 0 radical (unpaired) electrons. The van der Waals surface area contributed by atoms with Crippen LogP contribution in [0.2, 0.25) is 10.0 Å². The average Bonchev–Trinajstić information content (AvgIpc) is 2.99. The maximum atomic E-state index is 12.8. The SMILES string of the molecule is CCCN(CC(=O)Nc1ccc(Cl)cc1Cl)C(=O)Cn1c(=O)[nH]c2ccccc21. The quantitative estimate of drug-likeness (QED) is 0.596. The van der Waals surface area contributed by atoms with Gasteiger partial charge in [0, 0.05) is 11.6 Å². The van der Waals surface area contributed by atoms with Crippen molar-refractivity contribution in [2.75, 3.05) is 18.4 Å². The zero-order valence-electron chi connectivity index (χ0n) is 15.7. The standard InChI is InChI=1S/C20H20Cl2N4O3/c1-2-9-25(11-18(27)23-15-8-7-13(21)10-14(15)22)19(28)12-26-17-6-4-3-5-16(17)24-20(26)29/h3-8,10H,2,9,11-12H2,1H3,(H,23,27)(H,24,29). The molecule has 0 aliphatic heterocycles. The molecule has 2 aromatic carbocycles. The summed E-state index contributed by atoms with van der Waals surface area (Å²) < 4.78 is 1.37. The molecule has 0 unspecified atom stereocenters. The van der Waals surface area contributed by atoms with Crippen molar-refractivity contribution in [2.24, 2.45) is 0 Å². The van der Waals surface area contributed by atoms with Crippen molar-refractivity contribution in [1.29, 1.82) is 0 Å². The van der Waals surface area contributed by atoms with Crippen molar-refractivity contribution in [2.45, 2.75) is 19.9 Å². The highest BCUT2D eigenvalue weighted by molar-refractivity contribution is 6.36. The van der Waals surface area contributed by atoms with Crippen LogP contribution in [0.15, 0.2) is 47.3 Å². The van der Waals surface area contributed by atoms with Crippen LogP contribution in [0.3, 0.4) is 0 Å². The summed E-state index contributed by atoms with van der Waals surface area (Å²) in [4.78, 5) is 41.6. The number of para-hydroxylation sites is 2. The Morgan fingerprint density at radius 2 is 1.93 bits per heavy atom. The molecule has 9 heteroatoms. The molecule has 0 saturated heterocycles. The average molecular weight is 435 g/mol. The molecular formula is C20H20Cl2N4O3. The van der Waals surface area contributed by atoms with Crippen LogP contribution in [-0.4, -0.2) is 39.4 Å². The molecular weight excluding hydrogens is 415 g/mol. The second-order valence-electron chi connectivity index (χ2n) is 6.52. The molecule has 0 spiro atoms. The summed E-state index contributed by atoms with van der Waals surface area (Å²) >= 11 is 11.9. The van der Waals surface area contributed by atoms with Crippen LogP contribution >= 0.6 is 23.2 Å². The lowest BCUT2D eigenvalue weighted by Crippen LogP contribution is -2.41. The predicted octanol–water partition coefficient (Wildman–Crippen LogP) is 3.51. The Balaban J connectivity index is 1.73. The number of aromatic nitrogens is 2. The Morgan fingerprint density at radius 3 is 2.66 bits per heavy atom. The Morgan fingerprint density at radius 1 is 1.17 bits per heavy atom. The van der Waals surface area contributed by atoms with E-state index < -0.39 is 0 Å². The number of hydrogen-bond acceptors (Lipinski definition) is 3. The number of hydrogen-bond donors (Lipinski definition) is 2. The van der Waals surface area contributed by atoms with Crippen molar-refractivity contribution in [1.82, 2.24) is 14.5 Å². The van der Waals surface area contributed by atoms with Crippen molar-refractivity contribution in [3.63, 3.8) is 0 Å². The number of benzene rings is 2. The van der Waals surface area contributed by atoms with Crippen LogP contribution in [0, 0.1) is 0 Å². The van der Waals surface area contributed by atoms with E-state index in [4.69, 9.17) is 23.2 Å². The van der Waals surface area contributed by atoms with Gasteiger partial charge in [-0.25, -0.2) is 4.79 Å². The number of carbonyl (C=O) groups is 2. The van der Waals surface area contributed by atoms with Crippen molar-refractivity contribution >= 4 is 51.7 Å². The van der Waals surface area contributed by atoms with E-state index in [1.807, 2.05) is 6.92 Å². The Kier molecular flexibility index (Phi) is 6.61. The number of aromatic amines is 1. The number of nitrogens with one attached hydrogen (secondary N) is 2. The maximum absolute atomic E-state index is 12.8. The van der Waals surface area contributed by atoms with Gasteiger partial charge in [-0.05, 0) is 36.8 Å². The first-order valence-electron chi connectivity index (χ1n) is 9.09. The minimum atomic E-state index is -0.387. The molecule has 3 aromatic rings. The summed E-state index contributed by atoms with van der Waals surface area (Å²) in [6, 6.07) is 11.9. The first-order chi connectivity index (χ1) is 13.9. The van der Waals surface area contributed by atoms with Gasteiger partial charge in [0.1, 0.15) is 6.54 Å². The van der Waals surface area contributed by atoms with E-state index in [0.29, 0.717) is 39.7 Å². The summed E-state index contributed by atoms with van der Waals surface area (Å²) in [6.45, 7) is 1.99. The molecule has 1 aromatic heterocycles. The molecule has 2 N–H and O–H groups in total. The van der Waals surface area contributed by atoms with Crippen LogP contribution < -0.4 is 11.0 Å². The smallest absolute Gasteiger partial charge is 0.326 e. The molecule has 0 aliphatic carbocycles. The Labute approximate surface area is 177 Å². The third-order valence-corrected chi connectivity index (χ3v) is 4.91. The molecule has 0 bridgehead atoms. The molecule has 1 heterocycles. The molecule has 0 fully saturated rings. The van der Waals surface area contributed by atoms with Crippen LogP contribution in [0.25, 0.3) is 11.0 Å². The third-order valence-electron chi connectivity index (χ3n) is 4.36. The van der Waals surface area contributed by atoms with E-state index in [1.54, 1.807) is 36.4 Å². The van der Waals surface area contributed by atoms with Crippen LogP contribution in [-0.2, 0) is 16.1 Å². The molecule has 2 amide bonds. The summed E-state index contributed by atoms with van der Waals surface area (Å²) in [5.74, 6) is -0.710. The lowest BCUT2D eigenvalue weighted by Gasteiger charge is -2.22. The maximum Gasteiger partial charge on any atom is 0.326 e. The zero-order valence-corrected chi connectivity index (χ0v) is 17.3. The largest absolute Gasteiger partial charge is 0.332 e. The first-order valence-corrected chi connectivity index (χ1v) is 9.85. The number of H-pyrrole nitrogens is 1. The lowest BCUT2D eigenvalue weighted by atomic mass is 10.3. The number of imidazole rings is 1. The van der Waals surface area contributed by atoms with E-state index in [-0.39, 0.29) is 30.6 Å². The minimum Gasteiger partial charge on any atom is -0.332 e. The summed E-state index contributed by atoms with van der Waals surface area (Å²) in [7, 11) is 0. The number of anilines is 1. The van der Waals surface area contributed by atoms with E-state index >= 15 is 0 Å². The Bertz CT molecular complexity index is 1110. The van der Waals surface area contributed by atoms with Crippen molar-refractivity contribution in [3.8, 4) is 0 Å². The lowest BCUT2D eigenvalue weighted by molar-refractivity contribution is -0.135. The number of fused-ring (bicyclic) bond motifs is 1. The second kappa shape index (κ2) is 9.15. The first kappa shape index (κ1) is 21.0. The molecule has 0 saturated carbocycles. The number of nitrogens with zero attached hydrogens (tertiary/aromatic N) is 2. The number of rotatable bonds is 7. The molecule has 152 valence electrons. The molecule has 3 rings (SSSR count). The van der Waals surface area contributed by atoms with Gasteiger partial charge in [0.05, 0.1) is 28.3 Å². The van der Waals surface area contributed by atoms with Crippen LogP contribution in [0.5, 0.6) is 0 Å². The van der Waals surface area contributed by atoms with Gasteiger partial charge in [0.2, 0.25) is 11.8 Å². The van der Waals surface area contributed by atoms with Crippen LogP contribution in [0.1, 0.15) is 13.3 Å². The molecule has 29 heavy (non-hydrogen) atoms. The third kappa shape index (κ3) is 4.99. The van der Waals surface area contributed by atoms with Gasteiger partial charge >= 0.3 is 5.69 Å². The van der Waals surface area contributed by atoms with Gasteiger partial charge < -0.3 is 15.2 Å². The highest BCUT2D eigenvalue weighted by atomic mass is 35.5.